The number of nitrogens with zero attached hydrogens (tertiary/aromatic N) is 2. The van der Waals surface area contributed by atoms with Crippen molar-refractivity contribution in [2.75, 3.05) is 13.1 Å². The van der Waals surface area contributed by atoms with Gasteiger partial charge in [-0.1, -0.05) is 54.6 Å². The maximum Gasteiger partial charge on any atom is 0.419 e. The van der Waals surface area contributed by atoms with E-state index in [1.54, 1.807) is 9.47 Å². The van der Waals surface area contributed by atoms with Crippen molar-refractivity contribution in [2.24, 2.45) is 0 Å². The molecule has 0 unspecified atom stereocenters. The minimum atomic E-state index is -0.610. The molecule has 6 nitrogen and oxygen atoms in total. The minimum absolute atomic E-state index is 0.249. The zero-order valence-corrected chi connectivity index (χ0v) is 21.7. The lowest BCUT2D eigenvalue weighted by molar-refractivity contribution is 0.0543. The van der Waals surface area contributed by atoms with E-state index in [0.717, 1.165) is 38.9 Å². The standard InChI is InChI=1S/C30H34N2O4/c1-6-23-19-31(28(33)35-20-22-12-8-7-9-13-22)17-16-25(23)21(2)27-18-24-14-10-11-15-26(24)32(27)29(34)36-30(3,4)5/h6-15,18H,16-17,19-20H2,1-5H3/b23-6+,25-21+. The topological polar surface area (TPSA) is 60.8 Å². The van der Waals surface area contributed by atoms with Crippen LogP contribution in [0.4, 0.5) is 9.59 Å². The lowest BCUT2D eigenvalue weighted by Gasteiger charge is -2.31. The Bertz CT molecular complexity index is 1330. The number of allylic oxidation sites excluding steroid dienone is 2. The van der Waals surface area contributed by atoms with E-state index in [1.165, 1.54) is 0 Å². The summed E-state index contributed by atoms with van der Waals surface area (Å²) in [7, 11) is 0. The third-order valence-corrected chi connectivity index (χ3v) is 6.32. The first kappa shape index (κ1) is 25.3. The normalized spacial score (nSPS) is 16.8. The molecule has 0 radical (unpaired) electrons. The maximum absolute atomic E-state index is 13.3. The van der Waals surface area contributed by atoms with Crippen molar-refractivity contribution in [1.29, 1.82) is 0 Å². The highest BCUT2D eigenvalue weighted by Gasteiger charge is 2.28. The van der Waals surface area contributed by atoms with E-state index in [0.29, 0.717) is 19.5 Å². The molecule has 1 saturated heterocycles. The van der Waals surface area contributed by atoms with Gasteiger partial charge in [0.05, 0.1) is 11.2 Å². The number of carbonyl (C=O) groups excluding carboxylic acids is 2. The molecule has 0 spiro atoms. The lowest BCUT2D eigenvalue weighted by atomic mass is 9.92. The van der Waals surface area contributed by atoms with Gasteiger partial charge >= 0.3 is 12.2 Å². The van der Waals surface area contributed by atoms with Gasteiger partial charge in [-0.2, -0.15) is 0 Å². The van der Waals surface area contributed by atoms with Gasteiger partial charge in [0.15, 0.2) is 0 Å². The van der Waals surface area contributed by atoms with Crippen molar-refractivity contribution in [1.82, 2.24) is 9.47 Å². The van der Waals surface area contributed by atoms with E-state index < -0.39 is 11.7 Å². The molecule has 1 aliphatic rings. The monoisotopic (exact) mass is 486 g/mol. The molecule has 0 saturated carbocycles. The van der Waals surface area contributed by atoms with Crippen molar-refractivity contribution >= 4 is 28.7 Å². The summed E-state index contributed by atoms with van der Waals surface area (Å²) in [6.45, 7) is 10.9. The Kier molecular flexibility index (Phi) is 7.34. The first-order valence-corrected chi connectivity index (χ1v) is 12.3. The number of para-hydroxylation sites is 1. The molecule has 1 amide bonds. The third kappa shape index (κ3) is 5.54. The Morgan fingerprint density at radius 1 is 1.00 bits per heavy atom. The van der Waals surface area contributed by atoms with Crippen molar-refractivity contribution in [3.63, 3.8) is 0 Å². The Labute approximate surface area is 212 Å². The van der Waals surface area contributed by atoms with Gasteiger partial charge in [-0.05, 0) is 75.5 Å². The van der Waals surface area contributed by atoms with Crippen LogP contribution in [0.5, 0.6) is 0 Å². The van der Waals surface area contributed by atoms with Crippen LogP contribution in [0.2, 0.25) is 0 Å². The highest BCUT2D eigenvalue weighted by molar-refractivity contribution is 5.95. The van der Waals surface area contributed by atoms with Crippen LogP contribution in [-0.4, -0.2) is 40.3 Å². The molecule has 1 aliphatic heterocycles. The molecule has 2 heterocycles. The summed E-state index contributed by atoms with van der Waals surface area (Å²) in [5, 5.41) is 0.974. The summed E-state index contributed by atoms with van der Waals surface area (Å²) in [4.78, 5) is 27.8. The number of benzene rings is 2. The SMILES string of the molecule is C/C=C1\CN(C(=O)OCc2ccccc2)CC\C1=C(\C)c1cc2ccccc2n1C(=O)OC(C)(C)C. The number of likely N-dealkylation sites (tertiary alicyclic amines) is 1. The Morgan fingerprint density at radius 3 is 2.39 bits per heavy atom. The van der Waals surface area contributed by atoms with E-state index in [-0.39, 0.29) is 12.7 Å². The van der Waals surface area contributed by atoms with Crippen LogP contribution in [-0.2, 0) is 16.1 Å². The lowest BCUT2D eigenvalue weighted by Crippen LogP contribution is -2.38. The molecule has 0 aliphatic carbocycles. The number of rotatable bonds is 3. The predicted molar refractivity (Wildman–Crippen MR) is 143 cm³/mol. The summed E-state index contributed by atoms with van der Waals surface area (Å²) in [5.41, 5.74) is 5.16. The molecule has 1 fully saturated rings. The van der Waals surface area contributed by atoms with Gasteiger partial charge in [0, 0.05) is 18.5 Å². The number of piperidine rings is 1. The van der Waals surface area contributed by atoms with E-state index in [4.69, 9.17) is 9.47 Å². The molecule has 0 atom stereocenters. The largest absolute Gasteiger partial charge is 0.445 e. The number of fused-ring (bicyclic) bond motifs is 1. The molecule has 0 N–H and O–H groups in total. The number of carbonyl (C=O) groups is 2. The van der Waals surface area contributed by atoms with Gasteiger partial charge in [0.2, 0.25) is 0 Å². The second kappa shape index (κ2) is 10.4. The zero-order chi connectivity index (χ0) is 25.9. The van der Waals surface area contributed by atoms with Crippen LogP contribution >= 0.6 is 0 Å². The maximum atomic E-state index is 13.3. The molecule has 36 heavy (non-hydrogen) atoms. The van der Waals surface area contributed by atoms with Gasteiger partial charge < -0.3 is 14.4 Å². The summed E-state index contributed by atoms with van der Waals surface area (Å²) in [6.07, 6.45) is 1.98. The molecular weight excluding hydrogens is 452 g/mol. The fourth-order valence-corrected chi connectivity index (χ4v) is 4.54. The number of amides is 1. The zero-order valence-electron chi connectivity index (χ0n) is 21.7. The molecular formula is C30H34N2O4. The highest BCUT2D eigenvalue weighted by Crippen LogP contribution is 2.34. The summed E-state index contributed by atoms with van der Waals surface area (Å²) in [5.74, 6) is 0. The summed E-state index contributed by atoms with van der Waals surface area (Å²) >= 11 is 0. The fourth-order valence-electron chi connectivity index (χ4n) is 4.54. The molecule has 188 valence electrons. The fraction of sp³-hybridized carbons (Fsp3) is 0.333. The first-order chi connectivity index (χ1) is 17.2. The Hall–Kier alpha value is -3.80. The average molecular weight is 487 g/mol. The van der Waals surface area contributed by atoms with E-state index in [9.17, 15) is 9.59 Å². The van der Waals surface area contributed by atoms with Crippen LogP contribution in [0.15, 0.2) is 77.9 Å². The smallest absolute Gasteiger partial charge is 0.419 e. The number of ether oxygens (including phenoxy) is 2. The summed E-state index contributed by atoms with van der Waals surface area (Å²) in [6, 6.07) is 19.5. The molecule has 6 heteroatoms. The second-order valence-corrected chi connectivity index (χ2v) is 10.0. The quantitative estimate of drug-likeness (QED) is 0.393. The minimum Gasteiger partial charge on any atom is -0.445 e. The number of hydrogen-bond acceptors (Lipinski definition) is 4. The van der Waals surface area contributed by atoms with Gasteiger partial charge in [-0.25, -0.2) is 14.2 Å². The van der Waals surface area contributed by atoms with Gasteiger partial charge in [0.1, 0.15) is 12.2 Å². The van der Waals surface area contributed by atoms with Crippen molar-refractivity contribution in [3.8, 4) is 0 Å². The molecule has 0 bridgehead atoms. The van der Waals surface area contributed by atoms with Crippen molar-refractivity contribution in [3.05, 3.63) is 89.1 Å². The van der Waals surface area contributed by atoms with E-state index in [1.807, 2.05) is 101 Å². The Morgan fingerprint density at radius 2 is 1.69 bits per heavy atom. The second-order valence-electron chi connectivity index (χ2n) is 10.0. The van der Waals surface area contributed by atoms with E-state index >= 15 is 0 Å². The van der Waals surface area contributed by atoms with Crippen LogP contribution in [0.3, 0.4) is 0 Å². The van der Waals surface area contributed by atoms with Crippen LogP contribution < -0.4 is 0 Å². The first-order valence-electron chi connectivity index (χ1n) is 12.3. The molecule has 3 aromatic rings. The van der Waals surface area contributed by atoms with Gasteiger partial charge in [-0.15, -0.1) is 0 Å². The number of aromatic nitrogens is 1. The van der Waals surface area contributed by atoms with Crippen LogP contribution in [0, 0.1) is 0 Å². The van der Waals surface area contributed by atoms with Crippen LogP contribution in [0.25, 0.3) is 16.5 Å². The van der Waals surface area contributed by atoms with Gasteiger partial charge in [0.25, 0.3) is 0 Å². The third-order valence-electron chi connectivity index (χ3n) is 6.32. The summed E-state index contributed by atoms with van der Waals surface area (Å²) < 4.78 is 13.0. The molecule has 1 aromatic heterocycles. The average Bonchev–Trinajstić information content (AvgIpc) is 3.26. The predicted octanol–water partition coefficient (Wildman–Crippen LogP) is 7.19. The van der Waals surface area contributed by atoms with Crippen molar-refractivity contribution in [2.45, 2.75) is 53.2 Å². The van der Waals surface area contributed by atoms with E-state index in [2.05, 4.69) is 0 Å². The molecule has 2 aromatic carbocycles. The van der Waals surface area contributed by atoms with Crippen molar-refractivity contribution < 1.29 is 19.1 Å². The Balaban J connectivity index is 1.61. The number of hydrogen-bond donors (Lipinski definition) is 0. The van der Waals surface area contributed by atoms with Crippen LogP contribution in [0.1, 0.15) is 52.3 Å². The highest BCUT2D eigenvalue weighted by atomic mass is 16.6. The van der Waals surface area contributed by atoms with Gasteiger partial charge in [-0.3, -0.25) is 0 Å². The molecule has 4 rings (SSSR count).